The molecule has 0 aromatic heterocycles. The number of piperazine rings is 1. The second kappa shape index (κ2) is 8.29. The van der Waals surface area contributed by atoms with Gasteiger partial charge < -0.3 is 4.90 Å². The van der Waals surface area contributed by atoms with E-state index in [4.69, 9.17) is 0 Å². The first kappa shape index (κ1) is 20.3. The van der Waals surface area contributed by atoms with Gasteiger partial charge in [-0.05, 0) is 49.8 Å². The molecule has 0 bridgehead atoms. The van der Waals surface area contributed by atoms with Crippen LogP contribution in [0.1, 0.15) is 30.9 Å². The quantitative estimate of drug-likeness (QED) is 0.784. The van der Waals surface area contributed by atoms with Gasteiger partial charge in [0.05, 0.1) is 11.4 Å². The van der Waals surface area contributed by atoms with Gasteiger partial charge in [-0.1, -0.05) is 19.1 Å². The standard InChI is InChI=1S/C20H31N3O3S/c1-16-6-7-18(3)19(13-16)27(25,26)23-11-9-21(10-12-23)15-20(24)22-8-4-5-17(2)14-22/h6-7,13,17H,4-5,8-12,14-15H2,1-3H3. The largest absolute Gasteiger partial charge is 0.341 e. The molecule has 3 rings (SSSR count). The van der Waals surface area contributed by atoms with Gasteiger partial charge in [-0.3, -0.25) is 9.69 Å². The van der Waals surface area contributed by atoms with Crippen molar-refractivity contribution in [1.29, 1.82) is 0 Å². The van der Waals surface area contributed by atoms with Crippen LogP contribution in [0.25, 0.3) is 0 Å². The average Bonchev–Trinajstić information content (AvgIpc) is 2.64. The normalized spacial score (nSPS) is 22.8. The maximum atomic E-state index is 13.0. The van der Waals surface area contributed by atoms with Crippen molar-refractivity contribution < 1.29 is 13.2 Å². The number of hydrogen-bond donors (Lipinski definition) is 0. The molecule has 2 aliphatic rings. The molecule has 0 N–H and O–H groups in total. The highest BCUT2D eigenvalue weighted by Gasteiger charge is 2.31. The zero-order chi connectivity index (χ0) is 19.6. The first-order valence-electron chi connectivity index (χ1n) is 9.85. The predicted molar refractivity (Wildman–Crippen MR) is 106 cm³/mol. The van der Waals surface area contributed by atoms with Gasteiger partial charge in [0.2, 0.25) is 15.9 Å². The maximum absolute atomic E-state index is 13.0. The molecule has 1 aromatic rings. The average molecular weight is 394 g/mol. The van der Waals surface area contributed by atoms with Crippen LogP contribution in [0.15, 0.2) is 23.1 Å². The Balaban J connectivity index is 1.58. The smallest absolute Gasteiger partial charge is 0.243 e. The van der Waals surface area contributed by atoms with Crippen molar-refractivity contribution in [3.05, 3.63) is 29.3 Å². The van der Waals surface area contributed by atoms with Crippen molar-refractivity contribution in [2.45, 2.75) is 38.5 Å². The lowest BCUT2D eigenvalue weighted by atomic mass is 10.0. The minimum absolute atomic E-state index is 0.174. The third-order valence-corrected chi connectivity index (χ3v) is 7.70. The van der Waals surface area contributed by atoms with E-state index in [1.165, 1.54) is 6.42 Å². The summed E-state index contributed by atoms with van der Waals surface area (Å²) in [5.74, 6) is 0.745. The highest BCUT2D eigenvalue weighted by atomic mass is 32.2. The molecule has 2 heterocycles. The Morgan fingerprint density at radius 3 is 2.48 bits per heavy atom. The molecule has 2 aliphatic heterocycles. The highest BCUT2D eigenvalue weighted by molar-refractivity contribution is 7.89. The molecule has 0 radical (unpaired) electrons. The molecule has 6 nitrogen and oxygen atoms in total. The summed E-state index contributed by atoms with van der Waals surface area (Å²) in [6.07, 6.45) is 2.27. The summed E-state index contributed by atoms with van der Waals surface area (Å²) in [5.41, 5.74) is 1.72. The van der Waals surface area contributed by atoms with Crippen molar-refractivity contribution in [3.63, 3.8) is 0 Å². The maximum Gasteiger partial charge on any atom is 0.243 e. The van der Waals surface area contributed by atoms with Gasteiger partial charge in [0.15, 0.2) is 0 Å². The van der Waals surface area contributed by atoms with Gasteiger partial charge in [-0.25, -0.2) is 8.42 Å². The van der Waals surface area contributed by atoms with Gasteiger partial charge in [0.1, 0.15) is 0 Å². The molecule has 0 aliphatic carbocycles. The van der Waals surface area contributed by atoms with Crippen molar-refractivity contribution in [2.75, 3.05) is 45.8 Å². The van der Waals surface area contributed by atoms with E-state index in [0.717, 1.165) is 30.6 Å². The SMILES string of the molecule is Cc1ccc(C)c(S(=O)(=O)N2CCN(CC(=O)N3CCCC(C)C3)CC2)c1. The molecule has 150 valence electrons. The molecular formula is C20H31N3O3S. The van der Waals surface area contributed by atoms with Crippen LogP contribution in [0.5, 0.6) is 0 Å². The van der Waals surface area contributed by atoms with E-state index in [9.17, 15) is 13.2 Å². The zero-order valence-corrected chi connectivity index (χ0v) is 17.5. The van der Waals surface area contributed by atoms with Crippen molar-refractivity contribution in [1.82, 2.24) is 14.1 Å². The van der Waals surface area contributed by atoms with Crippen LogP contribution in [0.4, 0.5) is 0 Å². The van der Waals surface area contributed by atoms with E-state index in [0.29, 0.717) is 43.5 Å². The summed E-state index contributed by atoms with van der Waals surface area (Å²) in [7, 11) is -3.48. The number of piperidine rings is 1. The molecule has 27 heavy (non-hydrogen) atoms. The van der Waals surface area contributed by atoms with Gasteiger partial charge in [-0.15, -0.1) is 0 Å². The summed E-state index contributed by atoms with van der Waals surface area (Å²) < 4.78 is 27.6. The van der Waals surface area contributed by atoms with Crippen LogP contribution >= 0.6 is 0 Å². The lowest BCUT2D eigenvalue weighted by molar-refractivity contribution is -0.134. The fraction of sp³-hybridized carbons (Fsp3) is 0.650. The summed E-state index contributed by atoms with van der Waals surface area (Å²) in [5, 5.41) is 0. The minimum atomic E-state index is -3.48. The molecule has 0 saturated carbocycles. The number of carbonyl (C=O) groups excluding carboxylic acids is 1. The second-order valence-corrected chi connectivity index (χ2v) is 9.94. The number of hydrogen-bond acceptors (Lipinski definition) is 4. The second-order valence-electron chi connectivity index (χ2n) is 8.04. The van der Waals surface area contributed by atoms with Crippen molar-refractivity contribution >= 4 is 15.9 Å². The third-order valence-electron chi connectivity index (χ3n) is 5.66. The Bertz CT molecular complexity index is 786. The van der Waals surface area contributed by atoms with Crippen LogP contribution in [-0.2, 0) is 14.8 Å². The Morgan fingerprint density at radius 1 is 1.11 bits per heavy atom. The summed E-state index contributed by atoms with van der Waals surface area (Å²) in [4.78, 5) is 17.0. The topological polar surface area (TPSA) is 60.9 Å². The van der Waals surface area contributed by atoms with E-state index in [1.807, 2.05) is 30.9 Å². The number of carbonyl (C=O) groups is 1. The Labute approximate surface area is 163 Å². The number of amides is 1. The molecule has 2 saturated heterocycles. The van der Waals surface area contributed by atoms with Gasteiger partial charge in [-0.2, -0.15) is 4.31 Å². The minimum Gasteiger partial charge on any atom is -0.341 e. The molecule has 2 fully saturated rings. The predicted octanol–water partition coefficient (Wildman–Crippen LogP) is 1.87. The Kier molecular flexibility index (Phi) is 6.23. The highest BCUT2D eigenvalue weighted by Crippen LogP contribution is 2.22. The van der Waals surface area contributed by atoms with E-state index >= 15 is 0 Å². The number of rotatable bonds is 4. The van der Waals surface area contributed by atoms with Crippen LogP contribution in [0, 0.1) is 19.8 Å². The zero-order valence-electron chi connectivity index (χ0n) is 16.6. The monoisotopic (exact) mass is 393 g/mol. The summed E-state index contributed by atoms with van der Waals surface area (Å²) >= 11 is 0. The number of sulfonamides is 1. The first-order valence-corrected chi connectivity index (χ1v) is 11.3. The van der Waals surface area contributed by atoms with Crippen molar-refractivity contribution in [3.8, 4) is 0 Å². The van der Waals surface area contributed by atoms with E-state index in [-0.39, 0.29) is 5.91 Å². The van der Waals surface area contributed by atoms with Crippen LogP contribution in [0.3, 0.4) is 0 Å². The van der Waals surface area contributed by atoms with Crippen molar-refractivity contribution in [2.24, 2.45) is 5.92 Å². The fourth-order valence-corrected chi connectivity index (χ4v) is 5.69. The number of aryl methyl sites for hydroxylation is 2. The molecular weight excluding hydrogens is 362 g/mol. The Morgan fingerprint density at radius 2 is 1.81 bits per heavy atom. The van der Waals surface area contributed by atoms with E-state index in [1.54, 1.807) is 10.4 Å². The lowest BCUT2D eigenvalue weighted by Crippen LogP contribution is -2.52. The fourth-order valence-electron chi connectivity index (χ4n) is 3.96. The van der Waals surface area contributed by atoms with Crippen LogP contribution in [0.2, 0.25) is 0 Å². The third kappa shape index (κ3) is 4.70. The van der Waals surface area contributed by atoms with E-state index in [2.05, 4.69) is 11.8 Å². The van der Waals surface area contributed by atoms with Gasteiger partial charge >= 0.3 is 0 Å². The molecule has 1 amide bonds. The summed E-state index contributed by atoms with van der Waals surface area (Å²) in [6, 6.07) is 5.54. The van der Waals surface area contributed by atoms with Gasteiger partial charge in [0, 0.05) is 39.3 Å². The molecule has 1 atom stereocenters. The van der Waals surface area contributed by atoms with E-state index < -0.39 is 10.0 Å². The number of benzene rings is 1. The molecule has 0 spiro atoms. The number of likely N-dealkylation sites (tertiary alicyclic amines) is 1. The van der Waals surface area contributed by atoms with Crippen LogP contribution < -0.4 is 0 Å². The van der Waals surface area contributed by atoms with Crippen LogP contribution in [-0.4, -0.2) is 74.2 Å². The number of nitrogens with zero attached hydrogens (tertiary/aromatic N) is 3. The first-order chi connectivity index (χ1) is 12.8. The Hall–Kier alpha value is -1.44. The molecule has 1 unspecified atom stereocenters. The van der Waals surface area contributed by atoms with Gasteiger partial charge in [0.25, 0.3) is 0 Å². The molecule has 7 heteroatoms. The summed E-state index contributed by atoms with van der Waals surface area (Å²) in [6.45, 7) is 10.1. The lowest BCUT2D eigenvalue weighted by Gasteiger charge is -2.36. The molecule has 1 aromatic carbocycles.